The quantitative estimate of drug-likeness (QED) is 0.0455. The third kappa shape index (κ3) is 16.8. The second kappa shape index (κ2) is 31.0. The van der Waals surface area contributed by atoms with Gasteiger partial charge in [0.2, 0.25) is 0 Å². The van der Waals surface area contributed by atoms with Crippen LogP contribution in [0.1, 0.15) is 133 Å². The highest BCUT2D eigenvalue weighted by Gasteiger charge is 2.53. The zero-order chi connectivity index (χ0) is 59.6. The van der Waals surface area contributed by atoms with Gasteiger partial charge in [0.25, 0.3) is 0 Å². The predicted molar refractivity (Wildman–Crippen MR) is 325 cm³/mol. The first-order valence-electron chi connectivity index (χ1n) is 30.3. The van der Waals surface area contributed by atoms with E-state index >= 15 is 0 Å². The first-order valence-corrected chi connectivity index (χ1v) is 32.2. The Balaban J connectivity index is 0.0000123. The molecule has 0 unspecified atom stereocenters. The minimum Gasteiger partial charge on any atom is -1.00 e. The van der Waals surface area contributed by atoms with Crippen LogP contribution in [-0.2, 0) is 33.2 Å². The molecule has 3 aliphatic rings. The van der Waals surface area contributed by atoms with Crippen molar-refractivity contribution in [2.45, 2.75) is 224 Å². The summed E-state index contributed by atoms with van der Waals surface area (Å²) in [6.45, 7) is 19.2. The Morgan fingerprint density at radius 1 is 0.732 bits per heavy atom. The van der Waals surface area contributed by atoms with E-state index < -0.39 is 103 Å². The van der Waals surface area contributed by atoms with Gasteiger partial charge >= 0.3 is 5.97 Å². The molecule has 5 N–H and O–H groups in total. The molecule has 17 heteroatoms. The van der Waals surface area contributed by atoms with Crippen LogP contribution in [0.5, 0.6) is 0 Å². The van der Waals surface area contributed by atoms with E-state index in [-0.39, 0.29) is 61.3 Å². The Labute approximate surface area is 510 Å². The number of cyclic esters (lactones) is 1. The maximum absolute atomic E-state index is 14.7. The summed E-state index contributed by atoms with van der Waals surface area (Å²) < 4.78 is 38.6. The molecular formula is C65H105IN3O12P. The molecule has 18 atom stereocenters. The summed E-state index contributed by atoms with van der Waals surface area (Å²) in [4.78, 5) is 21.1. The number of rotatable bonds is 20. The third-order valence-electron chi connectivity index (χ3n) is 18.4. The lowest BCUT2D eigenvalue weighted by molar-refractivity contribution is -0.318. The number of ether oxygens (including phenoxy) is 6. The molecule has 464 valence electrons. The van der Waals surface area contributed by atoms with Crippen molar-refractivity contribution in [2.75, 3.05) is 59.5 Å². The highest BCUT2D eigenvalue weighted by atomic mass is 127. The first kappa shape index (κ1) is 70.4. The number of nitrogens with zero attached hydrogens (tertiary/aromatic N) is 3. The molecule has 0 radical (unpaired) electrons. The number of carbonyl (C=O) groups is 1. The van der Waals surface area contributed by atoms with Gasteiger partial charge in [-0.15, -0.1) is 0 Å². The molecule has 0 saturated carbocycles. The van der Waals surface area contributed by atoms with Crippen molar-refractivity contribution in [1.82, 2.24) is 9.80 Å². The highest BCUT2D eigenvalue weighted by molar-refractivity contribution is 7.95. The lowest BCUT2D eigenvalue weighted by Crippen LogP contribution is -3.00. The number of hydrogen-bond acceptors (Lipinski definition) is 15. The summed E-state index contributed by atoms with van der Waals surface area (Å²) in [5.41, 5.74) is -3.33. The number of methoxy groups -OCH3 is 1. The monoisotopic (exact) mass is 1280 g/mol. The summed E-state index contributed by atoms with van der Waals surface area (Å²) in [7, 11) is 7.52. The topological polar surface area (TPSA) is 183 Å². The van der Waals surface area contributed by atoms with Crippen LogP contribution >= 0.6 is 7.26 Å². The number of unbranched alkanes of at least 4 members (excludes halogenated alkanes) is 5. The van der Waals surface area contributed by atoms with Gasteiger partial charge in [0.15, 0.2) is 12.6 Å². The SMILES string of the molecule is CC[C@H]1OC(=O)[C@H](C)[C@@H](O[C@H]2C[C@@](C)(OC)[C@@H](O)[C@H](C)O2)[C@H](C)[C@@H](O[C@@H]2O[C@H](C)C[C@H](N(C)C)[C@H]2O)[C@](C)(O)C[C@@H](C)CN(CCCCCCCC[P+](c2ccccc2)(c2ccccc2)c2ccc(N(C)C)cc2)[C@H](C)[C@@H](O)[C@]1(C)O.[I-]. The molecule has 0 amide bonds. The van der Waals surface area contributed by atoms with Crippen molar-refractivity contribution in [3.8, 4) is 0 Å². The van der Waals surface area contributed by atoms with Gasteiger partial charge in [0, 0.05) is 57.9 Å². The van der Waals surface area contributed by atoms with Gasteiger partial charge in [-0.05, 0) is 162 Å². The fourth-order valence-electron chi connectivity index (χ4n) is 13.5. The fourth-order valence-corrected chi connectivity index (χ4v) is 17.9. The van der Waals surface area contributed by atoms with Crippen molar-refractivity contribution in [2.24, 2.45) is 17.8 Å². The number of likely N-dealkylation sites (N-methyl/N-ethyl adjacent to an activating group) is 1. The molecule has 82 heavy (non-hydrogen) atoms. The van der Waals surface area contributed by atoms with Gasteiger partial charge in [0.1, 0.15) is 53.2 Å². The molecule has 0 aromatic heterocycles. The second-order valence-electron chi connectivity index (χ2n) is 25.5. The molecule has 3 aliphatic heterocycles. The lowest BCUT2D eigenvalue weighted by atomic mass is 9.77. The summed E-state index contributed by atoms with van der Waals surface area (Å²) in [5, 5.41) is 65.0. The summed E-state index contributed by atoms with van der Waals surface area (Å²) in [6.07, 6.45) is -1.38. The summed E-state index contributed by atoms with van der Waals surface area (Å²) >= 11 is 0. The van der Waals surface area contributed by atoms with Crippen LogP contribution in [0.4, 0.5) is 5.69 Å². The molecule has 6 rings (SSSR count). The molecule has 15 nitrogen and oxygen atoms in total. The van der Waals surface area contributed by atoms with E-state index in [2.05, 4.69) is 116 Å². The van der Waals surface area contributed by atoms with Crippen LogP contribution in [0.3, 0.4) is 0 Å². The van der Waals surface area contributed by atoms with Crippen LogP contribution in [0.25, 0.3) is 0 Å². The molecule has 3 fully saturated rings. The molecule has 3 aromatic rings. The first-order chi connectivity index (χ1) is 38.2. The number of anilines is 1. The fraction of sp³-hybridized carbons (Fsp3) is 0.708. The zero-order valence-electron chi connectivity index (χ0n) is 52.2. The molecule has 3 aromatic carbocycles. The molecule has 3 saturated heterocycles. The van der Waals surface area contributed by atoms with E-state index in [0.717, 1.165) is 44.7 Å². The highest BCUT2D eigenvalue weighted by Crippen LogP contribution is 2.56. The van der Waals surface area contributed by atoms with Crippen LogP contribution < -0.4 is 44.8 Å². The molecule has 0 spiro atoms. The van der Waals surface area contributed by atoms with Gasteiger partial charge in [-0.1, -0.05) is 76.4 Å². The molecule has 0 aliphatic carbocycles. The molecule has 3 heterocycles. The average Bonchev–Trinajstić information content (AvgIpc) is 3.65. The average molecular weight is 1280 g/mol. The van der Waals surface area contributed by atoms with Gasteiger partial charge in [-0.25, -0.2) is 0 Å². The minimum atomic E-state index is -1.98. The zero-order valence-corrected chi connectivity index (χ0v) is 55.2. The normalized spacial score (nSPS) is 35.7. The Morgan fingerprint density at radius 2 is 1.29 bits per heavy atom. The van der Waals surface area contributed by atoms with E-state index in [1.165, 1.54) is 28.7 Å². The van der Waals surface area contributed by atoms with E-state index in [0.29, 0.717) is 19.5 Å². The number of carbonyl (C=O) groups excluding carboxylic acids is 1. The summed E-state index contributed by atoms with van der Waals surface area (Å²) in [6, 6.07) is 30.4. The molecular weight excluding hydrogens is 1170 g/mol. The largest absolute Gasteiger partial charge is 1.00 e. The van der Waals surface area contributed by atoms with Crippen LogP contribution in [-0.4, -0.2) is 186 Å². The lowest BCUT2D eigenvalue weighted by Gasteiger charge is -2.48. The number of aliphatic hydroxyl groups excluding tert-OH is 3. The van der Waals surface area contributed by atoms with Gasteiger partial charge in [0.05, 0.1) is 47.7 Å². The maximum Gasteiger partial charge on any atom is 0.311 e. The second-order valence-corrected chi connectivity index (χ2v) is 29.1. The standard InChI is InChI=1S/C65H105N3O12P.HI/c1-16-54-65(10,74)58(70)47(6)68(37-27-19-17-18-20-28-38-81(50-29-23-21-24-30-50,51-31-25-22-26-32-51)52-35-33-49(34-36-52)66(11)12)42-43(2)40-63(8,73)60(80-62-56(69)53(67(13)14)39-44(3)76-62)45(4)57(46(5)61(72)78-54)79-55-41-64(9,75-15)59(71)48(7)77-55;/h21-26,29-36,43-48,53-60,62,69-71,73-74H,16-20,27-28,37-42H2,1-15H3;1H/q+1;/p-1/t43-,44-,45+,46-,47-,48+,53+,54-,55+,56-,57+,58-,59+,60-,62+,63-,64-,65-;/m1./s1. The van der Waals surface area contributed by atoms with Crippen LogP contribution in [0.15, 0.2) is 84.9 Å². The van der Waals surface area contributed by atoms with Crippen molar-refractivity contribution < 1.29 is 82.7 Å². The minimum absolute atomic E-state index is 0. The van der Waals surface area contributed by atoms with Crippen LogP contribution in [0.2, 0.25) is 0 Å². The Morgan fingerprint density at radius 3 is 1.84 bits per heavy atom. The van der Waals surface area contributed by atoms with E-state index in [9.17, 15) is 30.3 Å². The number of halogens is 1. The van der Waals surface area contributed by atoms with E-state index in [1.54, 1.807) is 34.6 Å². The summed E-state index contributed by atoms with van der Waals surface area (Å²) in [5.74, 6) is -2.69. The van der Waals surface area contributed by atoms with E-state index in [4.69, 9.17) is 28.4 Å². The Kier molecular flexibility index (Phi) is 26.6. The maximum atomic E-state index is 14.7. The molecule has 0 bridgehead atoms. The number of hydrogen-bond donors (Lipinski definition) is 5. The van der Waals surface area contributed by atoms with E-state index in [1.807, 2.05) is 46.7 Å². The Bertz CT molecular complexity index is 2320. The third-order valence-corrected chi connectivity index (χ3v) is 23.0. The predicted octanol–water partition coefficient (Wildman–Crippen LogP) is 4.68. The van der Waals surface area contributed by atoms with Gasteiger partial charge in [-0.3, -0.25) is 9.69 Å². The number of esters is 1. The van der Waals surface area contributed by atoms with Crippen molar-refractivity contribution in [3.05, 3.63) is 84.9 Å². The van der Waals surface area contributed by atoms with Crippen molar-refractivity contribution in [3.63, 3.8) is 0 Å². The number of benzene rings is 3. The smallest absolute Gasteiger partial charge is 0.311 e. The van der Waals surface area contributed by atoms with Crippen molar-refractivity contribution in [1.29, 1.82) is 0 Å². The van der Waals surface area contributed by atoms with Crippen molar-refractivity contribution >= 4 is 34.8 Å². The van der Waals surface area contributed by atoms with Gasteiger partial charge in [-0.2, -0.15) is 0 Å². The number of aliphatic hydroxyl groups is 5. The van der Waals surface area contributed by atoms with Crippen LogP contribution in [0, 0.1) is 17.8 Å². The Hall–Kier alpha value is -2.39. The van der Waals surface area contributed by atoms with Gasteiger partial charge < -0.3 is 87.7 Å².